The van der Waals surface area contributed by atoms with E-state index in [0.29, 0.717) is 5.75 Å². The monoisotopic (exact) mass is 410 g/mol. The van der Waals surface area contributed by atoms with Gasteiger partial charge in [-0.15, -0.1) is 0 Å². The summed E-state index contributed by atoms with van der Waals surface area (Å²) in [6.07, 6.45) is -0.873. The van der Waals surface area contributed by atoms with Gasteiger partial charge in [-0.2, -0.15) is 0 Å². The number of rotatable bonds is 6. The normalized spacial score (nSPS) is 12.7. The molecule has 7 heteroatoms. The molecule has 0 saturated carbocycles. The van der Waals surface area contributed by atoms with Crippen molar-refractivity contribution in [2.24, 2.45) is 0 Å². The number of benzene rings is 3. The zero-order chi connectivity index (χ0) is 21.7. The molecule has 2 amide bonds. The van der Waals surface area contributed by atoms with Gasteiger partial charge in [0.1, 0.15) is 17.3 Å². The Morgan fingerprint density at radius 1 is 0.833 bits per heavy atom. The fourth-order valence-electron chi connectivity index (χ4n) is 2.89. The van der Waals surface area contributed by atoms with Gasteiger partial charge in [-0.25, -0.2) is 4.39 Å². The van der Waals surface area contributed by atoms with Crippen molar-refractivity contribution < 1.29 is 23.5 Å². The number of amides is 2. The maximum atomic E-state index is 12.9. The van der Waals surface area contributed by atoms with Crippen molar-refractivity contribution in [3.8, 4) is 11.5 Å². The Kier molecular flexibility index (Phi) is 6.51. The lowest BCUT2D eigenvalue weighted by Crippen LogP contribution is -2.48. The summed E-state index contributed by atoms with van der Waals surface area (Å²) in [5.74, 6) is -0.637. The number of fused-ring (bicyclic) bond motifs is 1. The van der Waals surface area contributed by atoms with Gasteiger partial charge < -0.3 is 9.47 Å². The van der Waals surface area contributed by atoms with E-state index in [4.69, 9.17) is 9.47 Å². The van der Waals surface area contributed by atoms with E-state index in [2.05, 4.69) is 10.9 Å². The SMILES string of the molecule is COc1ccc2cc([C@@H](C)C(=O)NNC(=O)[C@@H](C)Oc3ccc(F)cc3)ccc2c1. The molecule has 0 radical (unpaired) electrons. The summed E-state index contributed by atoms with van der Waals surface area (Å²) in [4.78, 5) is 24.7. The summed E-state index contributed by atoms with van der Waals surface area (Å²) in [6, 6.07) is 16.8. The van der Waals surface area contributed by atoms with Crippen LogP contribution in [0.5, 0.6) is 11.5 Å². The third-order valence-corrected chi connectivity index (χ3v) is 4.77. The molecule has 0 unspecified atom stereocenters. The van der Waals surface area contributed by atoms with Crippen molar-refractivity contribution >= 4 is 22.6 Å². The molecule has 0 spiro atoms. The molecule has 0 saturated heterocycles. The van der Waals surface area contributed by atoms with E-state index < -0.39 is 23.7 Å². The molecule has 2 atom stereocenters. The third-order valence-electron chi connectivity index (χ3n) is 4.77. The largest absolute Gasteiger partial charge is 0.497 e. The molecular weight excluding hydrogens is 387 g/mol. The minimum Gasteiger partial charge on any atom is -0.497 e. The maximum Gasteiger partial charge on any atom is 0.279 e. The van der Waals surface area contributed by atoms with Crippen LogP contribution in [0.3, 0.4) is 0 Å². The van der Waals surface area contributed by atoms with E-state index in [1.165, 1.54) is 31.2 Å². The van der Waals surface area contributed by atoms with Crippen molar-refractivity contribution in [3.63, 3.8) is 0 Å². The van der Waals surface area contributed by atoms with Gasteiger partial charge in [0.05, 0.1) is 13.0 Å². The molecule has 0 aliphatic rings. The smallest absolute Gasteiger partial charge is 0.279 e. The molecule has 3 rings (SSSR count). The van der Waals surface area contributed by atoms with Crippen molar-refractivity contribution in [1.82, 2.24) is 10.9 Å². The minimum absolute atomic E-state index is 0.353. The van der Waals surface area contributed by atoms with Crippen molar-refractivity contribution in [3.05, 3.63) is 72.0 Å². The first-order chi connectivity index (χ1) is 14.4. The highest BCUT2D eigenvalue weighted by Gasteiger charge is 2.19. The Labute approximate surface area is 174 Å². The molecule has 0 heterocycles. The first-order valence-electron chi connectivity index (χ1n) is 9.47. The molecule has 30 heavy (non-hydrogen) atoms. The number of hydrazine groups is 1. The van der Waals surface area contributed by atoms with Crippen LogP contribution in [0.2, 0.25) is 0 Å². The van der Waals surface area contributed by atoms with Crippen LogP contribution in [0.25, 0.3) is 10.8 Å². The minimum atomic E-state index is -0.873. The van der Waals surface area contributed by atoms with Gasteiger partial charge >= 0.3 is 0 Å². The highest BCUT2D eigenvalue weighted by Crippen LogP contribution is 2.25. The van der Waals surface area contributed by atoms with Crippen molar-refractivity contribution in [2.75, 3.05) is 7.11 Å². The molecule has 0 aliphatic heterocycles. The summed E-state index contributed by atoms with van der Waals surface area (Å²) in [7, 11) is 1.61. The zero-order valence-electron chi connectivity index (χ0n) is 16.9. The Morgan fingerprint density at radius 2 is 1.43 bits per heavy atom. The number of nitrogens with one attached hydrogen (secondary N) is 2. The second-order valence-electron chi connectivity index (χ2n) is 6.89. The number of hydrogen-bond acceptors (Lipinski definition) is 4. The summed E-state index contributed by atoms with van der Waals surface area (Å²) in [5.41, 5.74) is 5.60. The van der Waals surface area contributed by atoms with Crippen LogP contribution in [0, 0.1) is 5.82 Å². The zero-order valence-corrected chi connectivity index (χ0v) is 16.9. The Hall–Kier alpha value is -3.61. The van der Waals surface area contributed by atoms with E-state index in [0.717, 1.165) is 22.1 Å². The Bertz CT molecular complexity index is 1050. The third kappa shape index (κ3) is 5.05. The fraction of sp³-hybridized carbons (Fsp3) is 0.217. The van der Waals surface area contributed by atoms with E-state index in [1.54, 1.807) is 14.0 Å². The highest BCUT2D eigenvalue weighted by atomic mass is 19.1. The Balaban J connectivity index is 1.57. The summed E-state index contributed by atoms with van der Waals surface area (Å²) in [5, 5.41) is 1.99. The standard InChI is InChI=1S/C23H23FN2O4/c1-14(16-4-5-18-13-21(29-3)9-6-17(18)12-16)22(27)25-26-23(28)15(2)30-20-10-7-19(24)8-11-20/h4-15H,1-3H3,(H,25,27)(H,26,28)/t14-,15-/m1/s1. The fourth-order valence-corrected chi connectivity index (χ4v) is 2.89. The van der Waals surface area contributed by atoms with E-state index >= 15 is 0 Å². The van der Waals surface area contributed by atoms with Gasteiger partial charge in [-0.05, 0) is 66.6 Å². The van der Waals surface area contributed by atoms with Crippen LogP contribution < -0.4 is 20.3 Å². The van der Waals surface area contributed by atoms with Gasteiger partial charge in [0, 0.05) is 0 Å². The molecule has 3 aromatic rings. The average Bonchev–Trinajstić information content (AvgIpc) is 2.77. The van der Waals surface area contributed by atoms with E-state index in [1.807, 2.05) is 36.4 Å². The summed E-state index contributed by atoms with van der Waals surface area (Å²) < 4.78 is 23.6. The molecule has 156 valence electrons. The quantitative estimate of drug-likeness (QED) is 0.608. The molecule has 0 bridgehead atoms. The predicted molar refractivity (Wildman–Crippen MR) is 112 cm³/mol. The van der Waals surface area contributed by atoms with Gasteiger partial charge in [0.2, 0.25) is 5.91 Å². The molecule has 3 aromatic carbocycles. The molecule has 0 fully saturated rings. The number of ether oxygens (including phenoxy) is 2. The van der Waals surface area contributed by atoms with Gasteiger partial charge in [0.25, 0.3) is 5.91 Å². The number of methoxy groups -OCH3 is 1. The van der Waals surface area contributed by atoms with Gasteiger partial charge in [-0.3, -0.25) is 20.4 Å². The summed E-state index contributed by atoms with van der Waals surface area (Å²) >= 11 is 0. The van der Waals surface area contributed by atoms with Gasteiger partial charge in [0.15, 0.2) is 6.10 Å². The highest BCUT2D eigenvalue weighted by molar-refractivity contribution is 5.90. The molecule has 6 nitrogen and oxygen atoms in total. The van der Waals surface area contributed by atoms with Crippen LogP contribution in [0.4, 0.5) is 4.39 Å². The van der Waals surface area contributed by atoms with Crippen molar-refractivity contribution in [1.29, 1.82) is 0 Å². The Morgan fingerprint density at radius 3 is 2.13 bits per heavy atom. The van der Waals surface area contributed by atoms with Crippen LogP contribution in [0.1, 0.15) is 25.3 Å². The second-order valence-corrected chi connectivity index (χ2v) is 6.89. The second kappa shape index (κ2) is 9.26. The maximum absolute atomic E-state index is 12.9. The van der Waals surface area contributed by atoms with Crippen LogP contribution in [-0.4, -0.2) is 25.0 Å². The van der Waals surface area contributed by atoms with Gasteiger partial charge in [-0.1, -0.05) is 24.3 Å². The summed E-state index contributed by atoms with van der Waals surface area (Å²) in [6.45, 7) is 3.29. The molecule has 0 aliphatic carbocycles. The topological polar surface area (TPSA) is 76.7 Å². The lowest BCUT2D eigenvalue weighted by Gasteiger charge is -2.17. The predicted octanol–water partition coefficient (Wildman–Crippen LogP) is 3.71. The van der Waals surface area contributed by atoms with E-state index in [9.17, 15) is 14.0 Å². The van der Waals surface area contributed by atoms with Crippen LogP contribution in [-0.2, 0) is 9.59 Å². The molecule has 0 aromatic heterocycles. The first-order valence-corrected chi connectivity index (χ1v) is 9.47. The van der Waals surface area contributed by atoms with Crippen molar-refractivity contribution in [2.45, 2.75) is 25.9 Å². The number of carbonyl (C=O) groups excluding carboxylic acids is 2. The number of hydrogen-bond donors (Lipinski definition) is 2. The molecular formula is C23H23FN2O4. The number of halogens is 1. The lowest BCUT2D eigenvalue weighted by molar-refractivity contribution is -0.133. The van der Waals surface area contributed by atoms with Crippen LogP contribution in [0.15, 0.2) is 60.7 Å². The number of carbonyl (C=O) groups is 2. The molecule has 2 N–H and O–H groups in total. The lowest BCUT2D eigenvalue weighted by atomic mass is 9.97. The van der Waals surface area contributed by atoms with Crippen LogP contribution >= 0.6 is 0 Å². The van der Waals surface area contributed by atoms with E-state index in [-0.39, 0.29) is 5.91 Å². The average molecular weight is 410 g/mol. The first kappa shape index (κ1) is 21.1.